The lowest BCUT2D eigenvalue weighted by atomic mass is 9.94. The van der Waals surface area contributed by atoms with Crippen molar-refractivity contribution in [2.45, 2.75) is 37.1 Å². The highest BCUT2D eigenvalue weighted by atomic mass is 32.2. The fourth-order valence-electron chi connectivity index (χ4n) is 3.20. The highest BCUT2D eigenvalue weighted by Crippen LogP contribution is 2.34. The fraction of sp³-hybridized carbons (Fsp3) is 0.625. The topological polar surface area (TPSA) is 81.9 Å². The molecule has 0 bridgehead atoms. The molecule has 0 aromatic heterocycles. The Morgan fingerprint density at radius 1 is 1.26 bits per heavy atom. The summed E-state index contributed by atoms with van der Waals surface area (Å²) in [6, 6.07) is 4.70. The largest absolute Gasteiger partial charge is 0.490 e. The molecule has 2 aliphatic rings. The van der Waals surface area contributed by atoms with Crippen LogP contribution >= 0.6 is 0 Å². The normalized spacial score (nSPS) is 25.8. The number of rotatable bonds is 3. The van der Waals surface area contributed by atoms with Crippen molar-refractivity contribution in [3.63, 3.8) is 0 Å². The first-order valence-electron chi connectivity index (χ1n) is 8.14. The second kappa shape index (κ2) is 6.67. The van der Waals surface area contributed by atoms with E-state index in [0.29, 0.717) is 43.7 Å². The van der Waals surface area contributed by atoms with E-state index in [1.807, 2.05) is 0 Å². The summed E-state index contributed by atoms with van der Waals surface area (Å²) >= 11 is 0. The van der Waals surface area contributed by atoms with Crippen LogP contribution in [0, 0.1) is 5.92 Å². The summed E-state index contributed by atoms with van der Waals surface area (Å²) < 4.78 is 38.7. The van der Waals surface area contributed by atoms with Gasteiger partial charge in [0, 0.05) is 31.6 Å². The van der Waals surface area contributed by atoms with Gasteiger partial charge in [-0.05, 0) is 30.9 Å². The Kier molecular flexibility index (Phi) is 4.79. The maximum Gasteiger partial charge on any atom is 0.243 e. The molecule has 2 atom stereocenters. The van der Waals surface area contributed by atoms with Gasteiger partial charge < -0.3 is 15.2 Å². The van der Waals surface area contributed by atoms with Gasteiger partial charge in [0.05, 0.1) is 18.1 Å². The van der Waals surface area contributed by atoms with Crippen LogP contribution in [-0.2, 0) is 10.0 Å². The molecule has 23 heavy (non-hydrogen) atoms. The first kappa shape index (κ1) is 16.5. The van der Waals surface area contributed by atoms with Crippen molar-refractivity contribution in [1.82, 2.24) is 4.31 Å². The number of piperidine rings is 1. The van der Waals surface area contributed by atoms with E-state index in [1.54, 1.807) is 22.5 Å². The van der Waals surface area contributed by atoms with Crippen molar-refractivity contribution in [2.24, 2.45) is 11.7 Å². The maximum atomic E-state index is 13.0. The Labute approximate surface area is 137 Å². The molecular weight excluding hydrogens is 316 g/mol. The molecule has 0 amide bonds. The molecule has 1 fully saturated rings. The molecule has 1 aromatic carbocycles. The molecule has 2 heterocycles. The predicted octanol–water partition coefficient (Wildman–Crippen LogP) is 1.60. The first-order valence-corrected chi connectivity index (χ1v) is 9.58. The average molecular weight is 340 g/mol. The monoisotopic (exact) mass is 340 g/mol. The van der Waals surface area contributed by atoms with Gasteiger partial charge >= 0.3 is 0 Å². The van der Waals surface area contributed by atoms with Gasteiger partial charge in [-0.3, -0.25) is 0 Å². The Hall–Kier alpha value is -1.31. The van der Waals surface area contributed by atoms with E-state index in [0.717, 1.165) is 19.3 Å². The van der Waals surface area contributed by atoms with Gasteiger partial charge in [-0.1, -0.05) is 6.92 Å². The highest BCUT2D eigenvalue weighted by Gasteiger charge is 2.35. The van der Waals surface area contributed by atoms with Crippen LogP contribution in [0.3, 0.4) is 0 Å². The third-order valence-corrected chi connectivity index (χ3v) is 6.47. The van der Waals surface area contributed by atoms with Crippen LogP contribution < -0.4 is 15.2 Å². The van der Waals surface area contributed by atoms with Gasteiger partial charge in [-0.2, -0.15) is 4.31 Å². The van der Waals surface area contributed by atoms with Crippen LogP contribution in [0.4, 0.5) is 0 Å². The summed E-state index contributed by atoms with van der Waals surface area (Å²) in [5.41, 5.74) is 5.81. The van der Waals surface area contributed by atoms with E-state index >= 15 is 0 Å². The summed E-state index contributed by atoms with van der Waals surface area (Å²) in [5, 5.41) is 0. The minimum atomic E-state index is -3.57. The molecule has 0 spiro atoms. The SMILES string of the molecule is CC1CCN(S(=O)(=O)c2ccc3c(c2)OCCCO3)C(CN)C1. The zero-order chi connectivity index (χ0) is 16.4. The number of benzene rings is 1. The summed E-state index contributed by atoms with van der Waals surface area (Å²) in [5.74, 6) is 1.60. The van der Waals surface area contributed by atoms with Crippen LogP contribution in [-0.4, -0.2) is 45.1 Å². The molecule has 1 aromatic rings. The van der Waals surface area contributed by atoms with E-state index in [2.05, 4.69) is 6.92 Å². The molecule has 0 radical (unpaired) electrons. The first-order chi connectivity index (χ1) is 11.0. The van der Waals surface area contributed by atoms with Crippen LogP contribution in [0.5, 0.6) is 11.5 Å². The molecule has 2 N–H and O–H groups in total. The maximum absolute atomic E-state index is 13.0. The van der Waals surface area contributed by atoms with Gasteiger partial charge in [0.1, 0.15) is 0 Å². The molecule has 0 saturated carbocycles. The lowest BCUT2D eigenvalue weighted by molar-refractivity contribution is 0.211. The Morgan fingerprint density at radius 2 is 2.00 bits per heavy atom. The molecule has 128 valence electrons. The van der Waals surface area contributed by atoms with Crippen LogP contribution in [0.25, 0.3) is 0 Å². The molecule has 1 saturated heterocycles. The smallest absolute Gasteiger partial charge is 0.243 e. The lowest BCUT2D eigenvalue weighted by Crippen LogP contribution is -2.49. The van der Waals surface area contributed by atoms with Crippen molar-refractivity contribution in [2.75, 3.05) is 26.3 Å². The number of sulfonamides is 1. The van der Waals surface area contributed by atoms with E-state index in [4.69, 9.17) is 15.2 Å². The van der Waals surface area contributed by atoms with E-state index < -0.39 is 10.0 Å². The third-order valence-electron chi connectivity index (χ3n) is 4.52. The van der Waals surface area contributed by atoms with Gasteiger partial charge in [-0.15, -0.1) is 0 Å². The minimum absolute atomic E-state index is 0.139. The number of nitrogens with two attached hydrogens (primary N) is 1. The summed E-state index contributed by atoms with van der Waals surface area (Å²) in [6.07, 6.45) is 2.45. The van der Waals surface area contributed by atoms with E-state index in [-0.39, 0.29) is 10.9 Å². The summed E-state index contributed by atoms with van der Waals surface area (Å²) in [6.45, 7) is 4.11. The summed E-state index contributed by atoms with van der Waals surface area (Å²) in [4.78, 5) is 0.245. The number of fused-ring (bicyclic) bond motifs is 1. The van der Waals surface area contributed by atoms with E-state index in [1.165, 1.54) is 0 Å². The zero-order valence-electron chi connectivity index (χ0n) is 13.4. The van der Waals surface area contributed by atoms with Gasteiger partial charge in [0.2, 0.25) is 10.0 Å². The lowest BCUT2D eigenvalue weighted by Gasteiger charge is -2.36. The molecule has 3 rings (SSSR count). The molecule has 2 aliphatic heterocycles. The standard InChI is InChI=1S/C16H24N2O4S/c1-12-5-6-18(13(9-12)11-17)23(19,20)14-3-4-15-16(10-14)22-8-2-7-21-15/h3-4,10,12-13H,2,5-9,11,17H2,1H3. The Morgan fingerprint density at radius 3 is 2.74 bits per heavy atom. The zero-order valence-corrected chi connectivity index (χ0v) is 14.2. The second-order valence-corrected chi connectivity index (χ2v) is 8.18. The fourth-order valence-corrected chi connectivity index (χ4v) is 4.88. The number of ether oxygens (including phenoxy) is 2. The van der Waals surface area contributed by atoms with Crippen molar-refractivity contribution in [1.29, 1.82) is 0 Å². The quantitative estimate of drug-likeness (QED) is 0.904. The summed E-state index contributed by atoms with van der Waals surface area (Å²) in [7, 11) is -3.57. The molecule has 0 aliphatic carbocycles. The average Bonchev–Trinajstić information content (AvgIpc) is 2.79. The molecule has 6 nitrogen and oxygen atoms in total. The minimum Gasteiger partial charge on any atom is -0.490 e. The molecule has 2 unspecified atom stereocenters. The highest BCUT2D eigenvalue weighted by molar-refractivity contribution is 7.89. The Bertz CT molecular complexity index is 662. The van der Waals surface area contributed by atoms with Gasteiger partial charge in [0.15, 0.2) is 11.5 Å². The molecular formula is C16H24N2O4S. The number of hydrogen-bond acceptors (Lipinski definition) is 5. The van der Waals surface area contributed by atoms with Crippen LogP contribution in [0.15, 0.2) is 23.1 Å². The van der Waals surface area contributed by atoms with Crippen molar-refractivity contribution in [3.8, 4) is 11.5 Å². The van der Waals surface area contributed by atoms with Gasteiger partial charge in [0.25, 0.3) is 0 Å². The van der Waals surface area contributed by atoms with Gasteiger partial charge in [-0.25, -0.2) is 8.42 Å². The second-order valence-electron chi connectivity index (χ2n) is 6.29. The Balaban J connectivity index is 1.91. The molecule has 7 heteroatoms. The van der Waals surface area contributed by atoms with Crippen molar-refractivity contribution >= 4 is 10.0 Å². The third kappa shape index (κ3) is 3.32. The van der Waals surface area contributed by atoms with Crippen LogP contribution in [0.2, 0.25) is 0 Å². The number of hydrogen-bond donors (Lipinski definition) is 1. The number of nitrogens with zero attached hydrogens (tertiary/aromatic N) is 1. The van der Waals surface area contributed by atoms with Crippen molar-refractivity contribution in [3.05, 3.63) is 18.2 Å². The van der Waals surface area contributed by atoms with Crippen molar-refractivity contribution < 1.29 is 17.9 Å². The van der Waals surface area contributed by atoms with E-state index in [9.17, 15) is 8.42 Å². The van der Waals surface area contributed by atoms with Crippen LogP contribution in [0.1, 0.15) is 26.2 Å². The predicted molar refractivity (Wildman–Crippen MR) is 87.2 cm³/mol.